The third-order valence-corrected chi connectivity index (χ3v) is 28.0. The van der Waals surface area contributed by atoms with Crippen LogP contribution in [0.3, 0.4) is 0 Å². The van der Waals surface area contributed by atoms with E-state index < -0.39 is 17.3 Å². The fraction of sp³-hybridized carbons (Fsp3) is 1.00. The molecule has 3 atom stereocenters. The van der Waals surface area contributed by atoms with Crippen molar-refractivity contribution in [1.29, 1.82) is 0 Å². The second kappa shape index (κ2) is 6.62. The van der Waals surface area contributed by atoms with Crippen LogP contribution in [0, 0.1) is 0 Å². The molecule has 0 saturated heterocycles. The van der Waals surface area contributed by atoms with Crippen LogP contribution < -0.4 is 0 Å². The van der Waals surface area contributed by atoms with E-state index in [0.717, 1.165) is 11.8 Å². The van der Waals surface area contributed by atoms with Gasteiger partial charge in [0.15, 0.2) is 0 Å². The zero-order valence-electron chi connectivity index (χ0n) is 10.7. The van der Waals surface area contributed by atoms with E-state index in [1.165, 1.54) is 19.3 Å². The van der Waals surface area contributed by atoms with Crippen LogP contribution in [0.15, 0.2) is 0 Å². The average molecular weight is 326 g/mol. The molecule has 0 aromatic rings. The van der Waals surface area contributed by atoms with E-state index in [1.54, 1.807) is 0 Å². The van der Waals surface area contributed by atoms with Gasteiger partial charge in [0.25, 0.3) is 0 Å². The van der Waals surface area contributed by atoms with E-state index in [1.807, 2.05) is 0 Å². The van der Waals surface area contributed by atoms with Crippen molar-refractivity contribution < 1.29 is 0 Å². The van der Waals surface area contributed by atoms with Crippen molar-refractivity contribution in [3.63, 3.8) is 0 Å². The molecule has 0 bridgehead atoms. The fourth-order valence-electron chi connectivity index (χ4n) is 2.40. The number of hydrogen-bond donors (Lipinski definition) is 0. The van der Waals surface area contributed by atoms with Crippen molar-refractivity contribution in [2.45, 2.75) is 72.6 Å². The molecule has 0 fully saturated rings. The zero-order valence-corrected chi connectivity index (χ0v) is 14.3. The molecule has 0 N–H and O–H groups in total. The summed E-state index contributed by atoms with van der Waals surface area (Å²) < 4.78 is 2.45. The Bertz CT molecular complexity index is 132. The predicted octanol–water partition coefficient (Wildman–Crippen LogP) is 5.57. The zero-order chi connectivity index (χ0) is 11.4. The van der Waals surface area contributed by atoms with E-state index >= 15 is 0 Å². The Kier molecular flexibility index (Phi) is 7.14. The SMILES string of the molecule is CC[CH](C)[Sn]([Cl])([CH](C)CC)[CH](C)CC. The first-order valence-electron chi connectivity index (χ1n) is 6.13. The van der Waals surface area contributed by atoms with Crippen molar-refractivity contribution in [3.8, 4) is 0 Å². The molecule has 0 spiro atoms. The van der Waals surface area contributed by atoms with Crippen LogP contribution in [0.4, 0.5) is 0 Å². The summed E-state index contributed by atoms with van der Waals surface area (Å²) in [6.07, 6.45) is 3.82. The Morgan fingerprint density at radius 3 is 1.14 bits per heavy atom. The van der Waals surface area contributed by atoms with Gasteiger partial charge >= 0.3 is 98.8 Å². The van der Waals surface area contributed by atoms with Crippen molar-refractivity contribution in [2.75, 3.05) is 0 Å². The van der Waals surface area contributed by atoms with E-state index in [-0.39, 0.29) is 0 Å². The van der Waals surface area contributed by atoms with Gasteiger partial charge in [-0.25, -0.2) is 0 Å². The van der Waals surface area contributed by atoms with Gasteiger partial charge in [0.05, 0.1) is 0 Å². The molecule has 0 saturated carbocycles. The molecule has 3 unspecified atom stereocenters. The fourth-order valence-corrected chi connectivity index (χ4v) is 19.2. The van der Waals surface area contributed by atoms with E-state index in [9.17, 15) is 0 Å². The molecule has 0 aliphatic heterocycles. The summed E-state index contributed by atoms with van der Waals surface area (Å²) in [4.78, 5) is 0. The Labute approximate surface area is 98.4 Å². The van der Waals surface area contributed by atoms with E-state index in [4.69, 9.17) is 8.92 Å². The minimum atomic E-state index is -2.40. The van der Waals surface area contributed by atoms with Crippen LogP contribution >= 0.6 is 8.92 Å². The van der Waals surface area contributed by atoms with Crippen LogP contribution in [0.1, 0.15) is 60.8 Å². The second-order valence-electron chi connectivity index (χ2n) is 4.76. The first-order valence-corrected chi connectivity index (χ1v) is 14.7. The van der Waals surface area contributed by atoms with Gasteiger partial charge in [0.2, 0.25) is 0 Å². The van der Waals surface area contributed by atoms with Crippen LogP contribution in [0.25, 0.3) is 0 Å². The van der Waals surface area contributed by atoms with Gasteiger partial charge in [0, 0.05) is 0 Å². The summed E-state index contributed by atoms with van der Waals surface area (Å²) in [5.74, 6) is 0. The van der Waals surface area contributed by atoms with Crippen molar-refractivity contribution in [2.24, 2.45) is 0 Å². The molecule has 2 heteroatoms. The molecular weight excluding hydrogens is 298 g/mol. The Balaban J connectivity index is 4.83. The van der Waals surface area contributed by atoms with Gasteiger partial charge in [0.1, 0.15) is 0 Å². The summed E-state index contributed by atoms with van der Waals surface area (Å²) in [6.45, 7) is 14.1. The number of rotatable bonds is 6. The van der Waals surface area contributed by atoms with Crippen LogP contribution in [0.2, 0.25) is 11.8 Å². The Morgan fingerprint density at radius 1 is 0.786 bits per heavy atom. The topological polar surface area (TPSA) is 0 Å². The summed E-state index contributed by atoms with van der Waals surface area (Å²) in [5.41, 5.74) is 0. The maximum absolute atomic E-state index is 7.10. The molecule has 0 heterocycles. The standard InChI is InChI=1S/3C4H9.ClH.Sn/c3*1-3-4-2;;/h3*3H,4H2,1-2H3;1H;/q;;;;+1/p-1. The first-order chi connectivity index (χ1) is 6.44. The molecule has 0 nitrogen and oxygen atoms in total. The van der Waals surface area contributed by atoms with Gasteiger partial charge in [-0.3, -0.25) is 0 Å². The summed E-state index contributed by atoms with van der Waals surface area (Å²) >= 11 is -2.40. The van der Waals surface area contributed by atoms with Gasteiger partial charge in [-0.05, 0) is 0 Å². The molecule has 0 aliphatic carbocycles. The molecule has 14 heavy (non-hydrogen) atoms. The second-order valence-corrected chi connectivity index (χ2v) is 22.3. The first kappa shape index (κ1) is 15.1. The quantitative estimate of drug-likeness (QED) is 0.560. The average Bonchev–Trinajstić information content (AvgIpc) is 2.24. The predicted molar refractivity (Wildman–Crippen MR) is 70.8 cm³/mol. The molecule has 0 radical (unpaired) electrons. The van der Waals surface area contributed by atoms with Gasteiger partial charge in [-0.2, -0.15) is 0 Å². The third kappa shape index (κ3) is 3.04. The molecular formula is C12H27ClSn. The van der Waals surface area contributed by atoms with Crippen LogP contribution in [-0.4, -0.2) is 17.3 Å². The normalized spacial score (nSPS) is 22.5. The molecule has 0 aromatic carbocycles. The minimum absolute atomic E-state index is 0.816. The monoisotopic (exact) mass is 326 g/mol. The molecule has 0 aromatic heterocycles. The van der Waals surface area contributed by atoms with Crippen LogP contribution in [0.5, 0.6) is 0 Å². The van der Waals surface area contributed by atoms with E-state index in [2.05, 4.69) is 41.5 Å². The van der Waals surface area contributed by atoms with Crippen molar-refractivity contribution in [1.82, 2.24) is 0 Å². The van der Waals surface area contributed by atoms with Crippen molar-refractivity contribution in [3.05, 3.63) is 0 Å². The Morgan fingerprint density at radius 2 is 1.00 bits per heavy atom. The summed E-state index contributed by atoms with van der Waals surface area (Å²) in [5, 5.41) is 0. The van der Waals surface area contributed by atoms with Crippen LogP contribution in [-0.2, 0) is 0 Å². The van der Waals surface area contributed by atoms with Crippen molar-refractivity contribution >= 4 is 26.2 Å². The molecule has 0 rings (SSSR count). The molecule has 86 valence electrons. The number of halogens is 1. The maximum atomic E-state index is 7.10. The summed E-state index contributed by atoms with van der Waals surface area (Å²) in [6, 6.07) is 0. The van der Waals surface area contributed by atoms with Gasteiger partial charge in [-0.15, -0.1) is 0 Å². The molecule has 0 amide bonds. The van der Waals surface area contributed by atoms with Gasteiger partial charge in [-0.1, -0.05) is 0 Å². The molecule has 0 aliphatic rings. The summed E-state index contributed by atoms with van der Waals surface area (Å²) in [7, 11) is 7.10. The third-order valence-electron chi connectivity index (χ3n) is 4.10. The van der Waals surface area contributed by atoms with E-state index in [0.29, 0.717) is 0 Å². The Hall–Kier alpha value is 1.09. The van der Waals surface area contributed by atoms with Gasteiger partial charge < -0.3 is 0 Å². The number of hydrogen-bond acceptors (Lipinski definition) is 0.